The number of carbonyl (C=O) groups excluding carboxylic acids is 1. The molecule has 8 nitrogen and oxygen atoms in total. The Labute approximate surface area is 173 Å². The molecule has 1 unspecified atom stereocenters. The summed E-state index contributed by atoms with van der Waals surface area (Å²) in [7, 11) is 4.05. The highest BCUT2D eigenvalue weighted by Crippen LogP contribution is 2.34. The molecule has 8 heteroatoms. The number of nitrogens with zero attached hydrogens (tertiary/aromatic N) is 3. The van der Waals surface area contributed by atoms with Crippen molar-refractivity contribution in [3.05, 3.63) is 65.9 Å². The average Bonchev–Trinajstić information content (AvgIpc) is 3.24. The van der Waals surface area contributed by atoms with E-state index in [0.29, 0.717) is 12.2 Å². The van der Waals surface area contributed by atoms with Gasteiger partial charge < -0.3 is 19.3 Å². The number of carboxylic acid groups (broad SMARTS) is 2. The summed E-state index contributed by atoms with van der Waals surface area (Å²) in [4.78, 5) is 36.5. The van der Waals surface area contributed by atoms with Gasteiger partial charge in [-0.3, -0.25) is 4.79 Å². The lowest BCUT2D eigenvalue weighted by atomic mass is 9.83. The van der Waals surface area contributed by atoms with Gasteiger partial charge in [-0.05, 0) is 18.9 Å². The fourth-order valence-electron chi connectivity index (χ4n) is 3.81. The molecule has 2 aromatic heterocycles. The summed E-state index contributed by atoms with van der Waals surface area (Å²) in [6.07, 6.45) is 7.44. The molecular weight excluding hydrogens is 386 g/mol. The smallest absolute Gasteiger partial charge is 0.328 e. The van der Waals surface area contributed by atoms with Gasteiger partial charge >= 0.3 is 11.9 Å². The number of Topliss-reactive ketones (excluding diaryl/α,β-unsaturated/α-hetero) is 1. The van der Waals surface area contributed by atoms with Crippen LogP contribution in [0.4, 0.5) is 0 Å². The second-order valence-electron chi connectivity index (χ2n) is 7.17. The normalized spacial score (nSPS) is 15.7. The summed E-state index contributed by atoms with van der Waals surface area (Å²) in [5.41, 5.74) is 3.27. The van der Waals surface area contributed by atoms with Gasteiger partial charge in [-0.15, -0.1) is 0 Å². The molecule has 2 N–H and O–H groups in total. The van der Waals surface area contributed by atoms with Crippen molar-refractivity contribution in [2.45, 2.75) is 19.3 Å². The molecule has 30 heavy (non-hydrogen) atoms. The molecule has 0 bridgehead atoms. The molecule has 156 valence electrons. The van der Waals surface area contributed by atoms with E-state index in [4.69, 9.17) is 10.2 Å². The SMILES string of the molecule is Cn1ccnc1CC1CCc2c(c3ccccc3n2C)C1=O.O=C(O)C=CC(=O)O. The van der Waals surface area contributed by atoms with E-state index in [2.05, 4.69) is 28.7 Å². The number of fused-ring (bicyclic) bond motifs is 3. The van der Waals surface area contributed by atoms with Crippen molar-refractivity contribution < 1.29 is 24.6 Å². The van der Waals surface area contributed by atoms with Crippen molar-refractivity contribution in [1.29, 1.82) is 0 Å². The molecule has 4 rings (SSSR count). The third kappa shape index (κ3) is 4.32. The van der Waals surface area contributed by atoms with E-state index in [0.717, 1.165) is 41.6 Å². The Bertz CT molecular complexity index is 1120. The van der Waals surface area contributed by atoms with Crippen LogP contribution in [0.1, 0.15) is 28.3 Å². The summed E-state index contributed by atoms with van der Waals surface area (Å²) in [5.74, 6) is -1.21. The molecule has 0 saturated carbocycles. The molecule has 1 aliphatic rings. The fraction of sp³-hybridized carbons (Fsp3) is 0.273. The number of aromatic nitrogens is 3. The molecule has 1 aliphatic carbocycles. The number of aryl methyl sites for hydroxylation is 2. The van der Waals surface area contributed by atoms with Gasteiger partial charge in [0.05, 0.1) is 0 Å². The largest absolute Gasteiger partial charge is 0.478 e. The van der Waals surface area contributed by atoms with E-state index < -0.39 is 11.9 Å². The highest BCUT2D eigenvalue weighted by Gasteiger charge is 2.32. The predicted molar refractivity (Wildman–Crippen MR) is 110 cm³/mol. The number of hydrogen-bond donors (Lipinski definition) is 2. The van der Waals surface area contributed by atoms with Crippen molar-refractivity contribution in [2.75, 3.05) is 0 Å². The van der Waals surface area contributed by atoms with Crippen molar-refractivity contribution in [2.24, 2.45) is 20.0 Å². The van der Waals surface area contributed by atoms with Gasteiger partial charge in [0, 0.05) is 73.1 Å². The third-order valence-electron chi connectivity index (χ3n) is 5.29. The number of carbonyl (C=O) groups is 3. The lowest BCUT2D eigenvalue weighted by Crippen LogP contribution is -2.25. The first-order chi connectivity index (χ1) is 14.3. The first kappa shape index (κ1) is 21.0. The molecule has 1 aromatic carbocycles. The quantitative estimate of drug-likeness (QED) is 0.640. The maximum Gasteiger partial charge on any atom is 0.328 e. The van der Waals surface area contributed by atoms with E-state index in [-0.39, 0.29) is 11.7 Å². The number of imidazole rings is 1. The minimum Gasteiger partial charge on any atom is -0.478 e. The summed E-state index contributed by atoms with van der Waals surface area (Å²) in [6, 6.07) is 8.20. The van der Waals surface area contributed by atoms with Gasteiger partial charge in [0.2, 0.25) is 0 Å². The number of hydrogen-bond acceptors (Lipinski definition) is 4. The first-order valence-corrected chi connectivity index (χ1v) is 9.50. The minimum absolute atomic E-state index is 0.0411. The zero-order chi connectivity index (χ0) is 21.8. The highest BCUT2D eigenvalue weighted by atomic mass is 16.4. The van der Waals surface area contributed by atoms with Crippen LogP contribution in [0.5, 0.6) is 0 Å². The van der Waals surface area contributed by atoms with Crippen molar-refractivity contribution in [1.82, 2.24) is 14.1 Å². The van der Waals surface area contributed by atoms with E-state index in [9.17, 15) is 14.4 Å². The van der Waals surface area contributed by atoms with Crippen LogP contribution in [0, 0.1) is 5.92 Å². The highest BCUT2D eigenvalue weighted by molar-refractivity contribution is 6.11. The molecule has 0 fully saturated rings. The van der Waals surface area contributed by atoms with E-state index in [1.165, 1.54) is 5.69 Å². The number of para-hydroxylation sites is 1. The third-order valence-corrected chi connectivity index (χ3v) is 5.29. The molecule has 3 aromatic rings. The Morgan fingerprint density at radius 1 is 1.17 bits per heavy atom. The van der Waals surface area contributed by atoms with E-state index >= 15 is 0 Å². The van der Waals surface area contributed by atoms with Crippen molar-refractivity contribution in [3.63, 3.8) is 0 Å². The van der Waals surface area contributed by atoms with Crippen LogP contribution in [0.25, 0.3) is 10.9 Å². The standard InChI is InChI=1S/C18H19N3O.C4H4O4/c1-20-10-9-19-16(20)11-12-7-8-15-17(18(12)22)13-5-3-4-6-14(13)21(15)2;5-3(6)1-2-4(7)8/h3-6,9-10,12H,7-8,11H2,1-2H3;1-2H,(H,5,6)(H,7,8). The van der Waals surface area contributed by atoms with Gasteiger partial charge in [-0.1, -0.05) is 18.2 Å². The second-order valence-corrected chi connectivity index (χ2v) is 7.17. The second kappa shape index (κ2) is 8.77. The number of benzene rings is 1. The summed E-state index contributed by atoms with van der Waals surface area (Å²) in [5, 5.41) is 16.7. The topological polar surface area (TPSA) is 114 Å². The number of aliphatic carboxylic acids is 2. The molecule has 2 heterocycles. The molecule has 0 saturated heterocycles. The zero-order valence-corrected chi connectivity index (χ0v) is 16.8. The number of rotatable bonds is 4. The molecule has 0 aliphatic heterocycles. The van der Waals surface area contributed by atoms with E-state index in [1.807, 2.05) is 29.9 Å². The lowest BCUT2D eigenvalue weighted by molar-refractivity contribution is -0.134. The maximum atomic E-state index is 13.0. The van der Waals surface area contributed by atoms with Crippen LogP contribution in [0.2, 0.25) is 0 Å². The van der Waals surface area contributed by atoms with Gasteiger partial charge in [0.25, 0.3) is 0 Å². The molecular formula is C22H23N3O5. The maximum absolute atomic E-state index is 13.0. The number of ketones is 1. The minimum atomic E-state index is -1.26. The predicted octanol–water partition coefficient (Wildman–Crippen LogP) is 2.61. The summed E-state index contributed by atoms with van der Waals surface area (Å²) < 4.78 is 4.19. The average molecular weight is 409 g/mol. The lowest BCUT2D eigenvalue weighted by Gasteiger charge is -2.22. The molecule has 0 amide bonds. The van der Waals surface area contributed by atoms with Gasteiger partial charge in [0.15, 0.2) is 5.78 Å². The number of carboxylic acids is 2. The van der Waals surface area contributed by atoms with Crippen LogP contribution >= 0.6 is 0 Å². The fourth-order valence-corrected chi connectivity index (χ4v) is 3.81. The van der Waals surface area contributed by atoms with Gasteiger partial charge in [-0.2, -0.15) is 0 Å². The van der Waals surface area contributed by atoms with Crippen LogP contribution in [0.3, 0.4) is 0 Å². The molecule has 1 atom stereocenters. The summed E-state index contributed by atoms with van der Waals surface area (Å²) in [6.45, 7) is 0. The Hall–Kier alpha value is -3.68. The van der Waals surface area contributed by atoms with Gasteiger partial charge in [0.1, 0.15) is 5.82 Å². The monoisotopic (exact) mass is 409 g/mol. The Balaban J connectivity index is 0.000000275. The van der Waals surface area contributed by atoms with Crippen LogP contribution < -0.4 is 0 Å². The van der Waals surface area contributed by atoms with Crippen molar-refractivity contribution >= 4 is 28.6 Å². The summed E-state index contributed by atoms with van der Waals surface area (Å²) >= 11 is 0. The molecule has 0 spiro atoms. The Morgan fingerprint density at radius 3 is 2.43 bits per heavy atom. The van der Waals surface area contributed by atoms with Crippen molar-refractivity contribution in [3.8, 4) is 0 Å². The Kier molecular flexibility index (Phi) is 6.15. The van der Waals surface area contributed by atoms with Crippen LogP contribution in [-0.2, 0) is 36.5 Å². The zero-order valence-electron chi connectivity index (χ0n) is 16.8. The van der Waals surface area contributed by atoms with Crippen LogP contribution in [0.15, 0.2) is 48.8 Å². The molecule has 0 radical (unpaired) electrons. The van der Waals surface area contributed by atoms with Gasteiger partial charge in [-0.25, -0.2) is 14.6 Å². The first-order valence-electron chi connectivity index (χ1n) is 9.50. The van der Waals surface area contributed by atoms with E-state index in [1.54, 1.807) is 6.20 Å². The Morgan fingerprint density at radius 2 is 1.83 bits per heavy atom. The van der Waals surface area contributed by atoms with Crippen LogP contribution in [-0.4, -0.2) is 42.1 Å².